The molecule has 19 heteroatoms. The fourth-order valence-corrected chi connectivity index (χ4v) is 13.2. The van der Waals surface area contributed by atoms with Gasteiger partial charge in [0.2, 0.25) is 0 Å². The lowest BCUT2D eigenvalue weighted by atomic mass is 9.92. The van der Waals surface area contributed by atoms with E-state index in [0.29, 0.717) is 194 Å². The van der Waals surface area contributed by atoms with Crippen molar-refractivity contribution in [3.8, 4) is 63.9 Å². The fourth-order valence-electron chi connectivity index (χ4n) is 13.2. The van der Waals surface area contributed by atoms with Crippen LogP contribution < -0.4 is 33.2 Å². The van der Waals surface area contributed by atoms with E-state index in [1.807, 2.05) is 220 Å². The van der Waals surface area contributed by atoms with E-state index in [9.17, 15) is 0 Å². The molecule has 0 saturated carbocycles. The Morgan fingerprint density at radius 3 is 1.39 bits per heavy atom. The van der Waals surface area contributed by atoms with Gasteiger partial charge in [0.25, 0.3) is 0 Å². The molecule has 0 atom stereocenters. The van der Waals surface area contributed by atoms with Crippen LogP contribution in [-0.4, -0.2) is 155 Å². The Morgan fingerprint density at radius 2 is 0.886 bits per heavy atom. The van der Waals surface area contributed by atoms with E-state index in [-0.39, 0.29) is 13.2 Å². The number of aliphatic imine (C=N–C) groups is 1. The molecule has 0 fully saturated rings. The lowest BCUT2D eigenvalue weighted by molar-refractivity contribution is 0.00483. The van der Waals surface area contributed by atoms with Crippen LogP contribution >= 0.6 is 0 Å². The summed E-state index contributed by atoms with van der Waals surface area (Å²) in [6.45, 7) is 11.3. The summed E-state index contributed by atoms with van der Waals surface area (Å²) < 4.78 is 110. The first-order chi connectivity index (χ1) is 56.2. The smallest absolute Gasteiger partial charge is 0.494 e. The minimum absolute atomic E-state index is 0.0705. The van der Waals surface area contributed by atoms with Crippen LogP contribution in [0.15, 0.2) is 241 Å². The van der Waals surface area contributed by atoms with E-state index < -0.39 is 7.40 Å². The number of aryl methyl sites for hydroxylation is 1. The molecule has 0 unspecified atom stereocenters. The van der Waals surface area contributed by atoms with Crippen molar-refractivity contribution in [2.24, 2.45) is 4.99 Å². The summed E-state index contributed by atoms with van der Waals surface area (Å²) in [5.41, 5.74) is 10.0. The first-order valence-corrected chi connectivity index (χ1v) is 38.6. The molecule has 582 valence electrons. The van der Waals surface area contributed by atoms with Gasteiger partial charge in [0.05, 0.1) is 116 Å². The van der Waals surface area contributed by atoms with Gasteiger partial charge in [-0.2, -0.15) is 0 Å². The molecular formula is C95H91BF2N2O14. The quantitative estimate of drug-likeness (QED) is 0.0302. The minimum atomic E-state index is -2.84. The predicted molar refractivity (Wildman–Crippen MR) is 447 cm³/mol. The molecule has 0 saturated heterocycles. The number of fused-ring (bicyclic) bond motifs is 28. The first kappa shape index (κ1) is 80.3. The number of ether oxygens (including phenoxy) is 13. The van der Waals surface area contributed by atoms with E-state index in [4.69, 9.17) is 71.7 Å². The Balaban J connectivity index is 0.609. The highest BCUT2D eigenvalue weighted by Crippen LogP contribution is 2.39. The first-order valence-electron chi connectivity index (χ1n) is 38.6. The summed E-state index contributed by atoms with van der Waals surface area (Å²) in [5.74, 6) is 18.8. The average Bonchev–Trinajstić information content (AvgIpc) is 0.785. The second kappa shape index (κ2) is 42.2. The number of aliphatic hydroxyl groups is 1. The lowest BCUT2D eigenvalue weighted by Crippen LogP contribution is -2.18. The lowest BCUT2D eigenvalue weighted by Gasteiger charge is -2.16. The number of allylic oxidation sites excluding steroid dienone is 3. The molecule has 16 nitrogen and oxygen atoms in total. The highest BCUT2D eigenvalue weighted by atomic mass is 19.2. The maximum Gasteiger partial charge on any atom is 0.678 e. The number of hydrogen-bond donors (Lipinski definition) is 1. The molecule has 3 aliphatic rings. The second-order valence-corrected chi connectivity index (χ2v) is 26.7. The standard InChI is InChI=1S/C95H91BF2N2O14/c1-69-66-76(34-24-71-26-36-78(37-27-71)108-47-12-46-101)99-94(69)93(74-14-4-3-5-15-74)95-70(2)67-77(100(95)96(97)98)35-25-72-28-38-79(39-29-72)109-48-13-49-110-80-40-30-73(31-41-80)32-43-86-82-16-6-8-18-84(82)87(85-19-9-7-17-83(85)86)44-33-75-68-81-42-45-90(75)112-63-59-105-55-51-103-53-57-107-61-65-114-92-23-11-20-88-89(92)21-10-22-91(88)113-64-60-106-56-52-102-50-54-104-58-62-111-81/h3-11,14-31,34-42,45,66-68,101H,12-13,46-65H2,1-2H3/b34-24+,35-25+,94-93-. The van der Waals surface area contributed by atoms with Crippen LogP contribution in [0.2, 0.25) is 0 Å². The van der Waals surface area contributed by atoms with E-state index in [2.05, 4.69) is 47.9 Å². The summed E-state index contributed by atoms with van der Waals surface area (Å²) in [5, 5.41) is 14.9. The molecule has 1 aromatic heterocycles. The zero-order valence-electron chi connectivity index (χ0n) is 64.1. The number of aliphatic hydroxyl groups excluding tert-OH is 1. The molecule has 11 aromatic rings. The van der Waals surface area contributed by atoms with Gasteiger partial charge in [0.1, 0.15) is 66.7 Å². The average molecular weight is 1530 g/mol. The van der Waals surface area contributed by atoms with Gasteiger partial charge in [0.15, 0.2) is 0 Å². The molecule has 0 aliphatic carbocycles. The van der Waals surface area contributed by atoms with E-state index in [1.165, 1.54) is 0 Å². The monoisotopic (exact) mass is 1530 g/mol. The predicted octanol–water partition coefficient (Wildman–Crippen LogP) is 17.8. The van der Waals surface area contributed by atoms with Gasteiger partial charge < -0.3 is 71.2 Å². The van der Waals surface area contributed by atoms with Crippen molar-refractivity contribution in [1.29, 1.82) is 0 Å². The summed E-state index contributed by atoms with van der Waals surface area (Å²) in [7, 11) is -2.84. The third kappa shape index (κ3) is 22.3. The number of halogens is 2. The maximum absolute atomic E-state index is 15.5. The second-order valence-electron chi connectivity index (χ2n) is 26.7. The zero-order chi connectivity index (χ0) is 78.3. The zero-order valence-corrected chi connectivity index (χ0v) is 64.1. The molecule has 114 heavy (non-hydrogen) atoms. The molecule has 1 N–H and O–H groups in total. The number of nitrogens with zero attached hydrogens (tertiary/aromatic N) is 2. The van der Waals surface area contributed by atoms with E-state index in [1.54, 1.807) is 12.1 Å². The fraction of sp³-hybridized carbons (Fsp3) is 0.253. The van der Waals surface area contributed by atoms with Crippen LogP contribution in [-0.2, 0) is 28.4 Å². The van der Waals surface area contributed by atoms with Crippen LogP contribution in [0.5, 0.6) is 40.2 Å². The molecular weight excluding hydrogens is 1440 g/mol. The van der Waals surface area contributed by atoms with Crippen molar-refractivity contribution >= 4 is 69.2 Å². The minimum Gasteiger partial charge on any atom is -0.494 e. The normalized spacial score (nSPS) is 15.1. The van der Waals surface area contributed by atoms with Crippen LogP contribution in [0.25, 0.3) is 56.1 Å². The summed E-state index contributed by atoms with van der Waals surface area (Å²) >= 11 is 0. The summed E-state index contributed by atoms with van der Waals surface area (Å²) in [6.07, 6.45) is 10.6. The van der Waals surface area contributed by atoms with Gasteiger partial charge >= 0.3 is 7.40 Å². The number of benzene rings is 10. The Morgan fingerprint density at radius 1 is 0.439 bits per heavy atom. The van der Waals surface area contributed by atoms with Crippen molar-refractivity contribution < 1.29 is 75.3 Å². The van der Waals surface area contributed by atoms with Gasteiger partial charge in [-0.25, -0.2) is 4.99 Å². The van der Waals surface area contributed by atoms with Gasteiger partial charge in [-0.15, -0.1) is 0 Å². The van der Waals surface area contributed by atoms with Crippen molar-refractivity contribution in [3.05, 3.63) is 292 Å². The third-order valence-corrected chi connectivity index (χ3v) is 18.7. The van der Waals surface area contributed by atoms with Crippen LogP contribution in [0.1, 0.15) is 75.7 Å². The molecule has 0 radical (unpaired) electrons. The third-order valence-electron chi connectivity index (χ3n) is 18.7. The molecule has 3 aliphatic heterocycles. The number of hydrogen-bond acceptors (Lipinski definition) is 15. The van der Waals surface area contributed by atoms with Gasteiger partial charge in [-0.1, -0.05) is 163 Å². The Kier molecular flexibility index (Phi) is 29.7. The molecule has 0 spiro atoms. The van der Waals surface area contributed by atoms with Gasteiger partial charge in [-0.05, 0) is 166 Å². The Hall–Kier alpha value is -11.7. The summed E-state index contributed by atoms with van der Waals surface area (Å²) in [4.78, 5) is 5.03. The van der Waals surface area contributed by atoms with Gasteiger partial charge in [-0.3, -0.25) is 8.63 Å². The van der Waals surface area contributed by atoms with Crippen molar-refractivity contribution in [2.75, 3.05) is 132 Å². The topological polar surface area (TPSA) is 158 Å². The molecule has 4 heterocycles. The number of rotatable bonds is 17. The highest BCUT2D eigenvalue weighted by Gasteiger charge is 2.30. The number of aromatic nitrogens is 1. The van der Waals surface area contributed by atoms with Gasteiger partial charge in [0, 0.05) is 63.9 Å². The largest absolute Gasteiger partial charge is 0.678 e. The molecule has 6 bridgehead atoms. The Bertz CT molecular complexity index is 5250. The SMILES string of the molecule is CC1=CC(/C=C/c2ccc(OCCCO)cc2)=NC/1=C(/c1ccccc1)c1c(C)cc(/C=C/c2ccc(OCCCOc3ccc(C#Cc4c5ccccc5c(C#Cc5cc6ccc5OCCOCCOCCOCCOc5cccc7c(cccc57)OCCOCCOCCOCCO6)c5ccccc45)cc3)cc2)n1B(F)F. The van der Waals surface area contributed by atoms with E-state index >= 15 is 8.63 Å². The van der Waals surface area contributed by atoms with Crippen molar-refractivity contribution in [2.45, 2.75) is 26.7 Å². The van der Waals surface area contributed by atoms with Crippen LogP contribution in [0, 0.1) is 30.6 Å². The molecule has 0 amide bonds. The Labute approximate surface area is 664 Å². The highest BCUT2D eigenvalue weighted by molar-refractivity contribution is 6.42. The van der Waals surface area contributed by atoms with Crippen LogP contribution in [0.3, 0.4) is 0 Å². The van der Waals surface area contributed by atoms with E-state index in [0.717, 1.165) is 93.0 Å². The molecule has 14 rings (SSSR count). The summed E-state index contributed by atoms with van der Waals surface area (Å²) in [6, 6.07) is 68.3. The maximum atomic E-state index is 15.5. The van der Waals surface area contributed by atoms with Crippen molar-refractivity contribution in [1.82, 2.24) is 4.48 Å². The molecule has 10 aromatic carbocycles. The van der Waals surface area contributed by atoms with Crippen molar-refractivity contribution in [3.63, 3.8) is 0 Å². The van der Waals surface area contributed by atoms with Crippen LogP contribution in [0.4, 0.5) is 8.63 Å².